The predicted octanol–water partition coefficient (Wildman–Crippen LogP) is 6.23. The average molecular weight is 497 g/mol. The van der Waals surface area contributed by atoms with Gasteiger partial charge in [-0.1, -0.05) is 48.5 Å². The number of amides is 2. The number of hydrogen-bond acceptors (Lipinski definition) is 5. The SMILES string of the molecule is Cc1cccc(Oc2ccc(NC(=O)CCCC(=O)OCC(=O)Nc3cccc4ccccc34)cc2)c1. The average Bonchev–Trinajstić information content (AvgIpc) is 2.89. The molecule has 0 saturated carbocycles. The molecule has 0 unspecified atom stereocenters. The third kappa shape index (κ3) is 7.67. The van der Waals surface area contributed by atoms with Crippen molar-refractivity contribution >= 4 is 39.9 Å². The Bertz CT molecular complexity index is 1390. The first-order chi connectivity index (χ1) is 18.0. The summed E-state index contributed by atoms with van der Waals surface area (Å²) in [5.41, 5.74) is 2.40. The Morgan fingerprint density at radius 3 is 2.30 bits per heavy atom. The van der Waals surface area contributed by atoms with Crippen LogP contribution in [0.2, 0.25) is 0 Å². The smallest absolute Gasteiger partial charge is 0.306 e. The van der Waals surface area contributed by atoms with Gasteiger partial charge in [0.05, 0.1) is 0 Å². The van der Waals surface area contributed by atoms with Crippen molar-refractivity contribution in [2.75, 3.05) is 17.2 Å². The molecule has 2 amide bonds. The van der Waals surface area contributed by atoms with Crippen LogP contribution in [0.3, 0.4) is 0 Å². The van der Waals surface area contributed by atoms with Gasteiger partial charge in [0.25, 0.3) is 5.91 Å². The van der Waals surface area contributed by atoms with Gasteiger partial charge in [-0.15, -0.1) is 0 Å². The Morgan fingerprint density at radius 2 is 1.49 bits per heavy atom. The number of aryl methyl sites for hydroxylation is 1. The lowest BCUT2D eigenvalue weighted by Gasteiger charge is -2.10. The molecule has 0 heterocycles. The van der Waals surface area contributed by atoms with E-state index in [1.165, 1.54) is 0 Å². The molecule has 188 valence electrons. The summed E-state index contributed by atoms with van der Waals surface area (Å²) in [7, 11) is 0. The topological polar surface area (TPSA) is 93.7 Å². The molecule has 0 aliphatic carbocycles. The van der Waals surface area contributed by atoms with E-state index in [-0.39, 0.29) is 25.4 Å². The van der Waals surface area contributed by atoms with E-state index in [9.17, 15) is 14.4 Å². The van der Waals surface area contributed by atoms with Crippen molar-refractivity contribution in [3.63, 3.8) is 0 Å². The minimum atomic E-state index is -0.529. The van der Waals surface area contributed by atoms with Gasteiger partial charge >= 0.3 is 5.97 Å². The highest BCUT2D eigenvalue weighted by atomic mass is 16.5. The summed E-state index contributed by atoms with van der Waals surface area (Å²) in [6, 6.07) is 28.1. The second kappa shape index (κ2) is 12.4. The minimum Gasteiger partial charge on any atom is -0.457 e. The summed E-state index contributed by atoms with van der Waals surface area (Å²) < 4.78 is 10.9. The summed E-state index contributed by atoms with van der Waals surface area (Å²) in [6.07, 6.45) is 0.501. The van der Waals surface area contributed by atoms with Crippen molar-refractivity contribution in [1.29, 1.82) is 0 Å². The summed E-state index contributed by atoms with van der Waals surface area (Å²) >= 11 is 0. The van der Waals surface area contributed by atoms with Gasteiger partial charge in [0.15, 0.2) is 6.61 Å². The second-order valence-corrected chi connectivity index (χ2v) is 8.58. The molecule has 4 aromatic rings. The van der Waals surface area contributed by atoms with E-state index in [0.29, 0.717) is 23.5 Å². The molecule has 7 nitrogen and oxygen atoms in total. The zero-order chi connectivity index (χ0) is 26.0. The number of esters is 1. The van der Waals surface area contributed by atoms with Gasteiger partial charge in [-0.05, 0) is 66.8 Å². The lowest BCUT2D eigenvalue weighted by atomic mass is 10.1. The number of carbonyl (C=O) groups is 3. The molecule has 0 radical (unpaired) electrons. The largest absolute Gasteiger partial charge is 0.457 e. The first-order valence-electron chi connectivity index (χ1n) is 12.0. The molecule has 4 aromatic carbocycles. The Morgan fingerprint density at radius 1 is 0.730 bits per heavy atom. The van der Waals surface area contributed by atoms with E-state index in [4.69, 9.17) is 9.47 Å². The van der Waals surface area contributed by atoms with Crippen LogP contribution >= 0.6 is 0 Å². The van der Waals surface area contributed by atoms with Crippen molar-refractivity contribution in [2.45, 2.75) is 26.2 Å². The van der Waals surface area contributed by atoms with Crippen molar-refractivity contribution in [1.82, 2.24) is 0 Å². The maximum absolute atomic E-state index is 12.2. The van der Waals surface area contributed by atoms with E-state index >= 15 is 0 Å². The Balaban J connectivity index is 1.14. The Hall–Kier alpha value is -4.65. The molecule has 4 rings (SSSR count). The van der Waals surface area contributed by atoms with Gasteiger partial charge in [0.1, 0.15) is 11.5 Å². The van der Waals surface area contributed by atoms with Gasteiger partial charge < -0.3 is 20.1 Å². The molecule has 0 fully saturated rings. The second-order valence-electron chi connectivity index (χ2n) is 8.58. The number of ether oxygens (including phenoxy) is 2. The number of hydrogen-bond donors (Lipinski definition) is 2. The van der Waals surface area contributed by atoms with E-state index in [1.54, 1.807) is 30.3 Å². The van der Waals surface area contributed by atoms with Crippen molar-refractivity contribution in [2.24, 2.45) is 0 Å². The number of nitrogens with one attached hydrogen (secondary N) is 2. The molecule has 7 heteroatoms. The summed E-state index contributed by atoms with van der Waals surface area (Å²) in [5.74, 6) is 0.246. The highest BCUT2D eigenvalue weighted by Crippen LogP contribution is 2.24. The highest BCUT2D eigenvalue weighted by molar-refractivity contribution is 6.02. The fourth-order valence-corrected chi connectivity index (χ4v) is 3.78. The van der Waals surface area contributed by atoms with Crippen LogP contribution in [0.25, 0.3) is 10.8 Å². The third-order valence-electron chi connectivity index (χ3n) is 5.58. The predicted molar refractivity (Wildman–Crippen MR) is 144 cm³/mol. The van der Waals surface area contributed by atoms with Crippen molar-refractivity contribution in [3.8, 4) is 11.5 Å². The lowest BCUT2D eigenvalue weighted by Crippen LogP contribution is -2.21. The minimum absolute atomic E-state index is 0.0399. The van der Waals surface area contributed by atoms with Crippen LogP contribution in [0.4, 0.5) is 11.4 Å². The van der Waals surface area contributed by atoms with Gasteiger partial charge in [-0.3, -0.25) is 14.4 Å². The molecule has 0 bridgehead atoms. The van der Waals surface area contributed by atoms with E-state index in [1.807, 2.05) is 67.6 Å². The standard InChI is InChI=1S/C30H28N2O5/c1-21-7-4-10-25(19-21)37-24-17-15-23(16-18-24)31-28(33)13-6-14-30(35)36-20-29(34)32-27-12-5-9-22-8-2-3-11-26(22)27/h2-5,7-12,15-19H,6,13-14,20H2,1H3,(H,31,33)(H,32,34). The van der Waals surface area contributed by atoms with E-state index in [2.05, 4.69) is 10.6 Å². The first-order valence-corrected chi connectivity index (χ1v) is 12.0. The molecule has 0 aromatic heterocycles. The number of benzene rings is 4. The van der Waals surface area contributed by atoms with Crippen molar-refractivity contribution < 1.29 is 23.9 Å². The van der Waals surface area contributed by atoms with Gasteiger partial charge in [-0.2, -0.15) is 0 Å². The summed E-state index contributed by atoms with van der Waals surface area (Å²) in [4.78, 5) is 36.5. The summed E-state index contributed by atoms with van der Waals surface area (Å²) in [6.45, 7) is 1.61. The number of carbonyl (C=O) groups excluding carboxylic acids is 3. The monoisotopic (exact) mass is 496 g/mol. The molecule has 0 atom stereocenters. The number of anilines is 2. The molecule has 2 N–H and O–H groups in total. The molecule has 0 aliphatic rings. The molecule has 0 spiro atoms. The summed E-state index contributed by atoms with van der Waals surface area (Å²) in [5, 5.41) is 7.48. The molecule has 0 aliphatic heterocycles. The Labute approximate surface area is 215 Å². The maximum Gasteiger partial charge on any atom is 0.306 e. The maximum atomic E-state index is 12.2. The van der Waals surface area contributed by atoms with Crippen LogP contribution in [0.5, 0.6) is 11.5 Å². The Kier molecular flexibility index (Phi) is 8.49. The van der Waals surface area contributed by atoms with Crippen molar-refractivity contribution in [3.05, 3.63) is 96.6 Å². The van der Waals surface area contributed by atoms with Crippen LogP contribution < -0.4 is 15.4 Å². The van der Waals surface area contributed by atoms with Crippen LogP contribution in [-0.2, 0) is 19.1 Å². The van der Waals surface area contributed by atoms with Gasteiger partial charge in [0.2, 0.25) is 5.91 Å². The molecule has 37 heavy (non-hydrogen) atoms. The van der Waals surface area contributed by atoms with E-state index < -0.39 is 11.9 Å². The molecule has 0 saturated heterocycles. The fourth-order valence-electron chi connectivity index (χ4n) is 3.78. The molecular formula is C30H28N2O5. The normalized spacial score (nSPS) is 10.5. The number of rotatable bonds is 10. The van der Waals surface area contributed by atoms with Crippen LogP contribution in [0, 0.1) is 6.92 Å². The highest BCUT2D eigenvalue weighted by Gasteiger charge is 2.11. The van der Waals surface area contributed by atoms with Gasteiger partial charge in [0, 0.05) is 29.6 Å². The quantitative estimate of drug-likeness (QED) is 0.254. The van der Waals surface area contributed by atoms with Crippen LogP contribution in [-0.4, -0.2) is 24.4 Å². The zero-order valence-corrected chi connectivity index (χ0v) is 20.5. The lowest BCUT2D eigenvalue weighted by molar-refractivity contribution is -0.147. The zero-order valence-electron chi connectivity index (χ0n) is 20.5. The van der Waals surface area contributed by atoms with Gasteiger partial charge in [-0.25, -0.2) is 0 Å². The van der Waals surface area contributed by atoms with Crippen LogP contribution in [0.15, 0.2) is 91.0 Å². The third-order valence-corrected chi connectivity index (χ3v) is 5.58. The first kappa shape index (κ1) is 25.4. The van der Waals surface area contributed by atoms with E-state index in [0.717, 1.165) is 22.1 Å². The molecular weight excluding hydrogens is 468 g/mol. The number of fused-ring (bicyclic) bond motifs is 1. The fraction of sp³-hybridized carbons (Fsp3) is 0.167. The van der Waals surface area contributed by atoms with Crippen LogP contribution in [0.1, 0.15) is 24.8 Å².